The molecular weight excluding hydrogens is 274 g/mol. The van der Waals surface area contributed by atoms with Crippen LogP contribution in [-0.4, -0.2) is 22.4 Å². The molecule has 1 aromatic heterocycles. The van der Waals surface area contributed by atoms with E-state index in [0.29, 0.717) is 17.6 Å². The van der Waals surface area contributed by atoms with Gasteiger partial charge < -0.3 is 5.32 Å². The van der Waals surface area contributed by atoms with E-state index >= 15 is 0 Å². The summed E-state index contributed by atoms with van der Waals surface area (Å²) < 4.78 is 0. The minimum absolute atomic E-state index is 0.0913. The lowest BCUT2D eigenvalue weighted by molar-refractivity contribution is 0.0955. The third-order valence-corrected chi connectivity index (χ3v) is 3.81. The highest BCUT2D eigenvalue weighted by molar-refractivity contribution is 6.06. The summed E-state index contributed by atoms with van der Waals surface area (Å²) in [4.78, 5) is 21.8. The van der Waals surface area contributed by atoms with E-state index in [9.17, 15) is 4.79 Å². The van der Waals surface area contributed by atoms with Crippen LogP contribution in [0.15, 0.2) is 30.3 Å². The van der Waals surface area contributed by atoms with Gasteiger partial charge in [-0.05, 0) is 43.5 Å². The number of nitrogens with one attached hydrogen (secondary N) is 1. The number of amides is 1. The molecule has 1 amide bonds. The first-order valence-corrected chi connectivity index (χ1v) is 7.56. The molecule has 0 radical (unpaired) electrons. The minimum Gasteiger partial charge on any atom is -0.352 e. The second-order valence-corrected chi connectivity index (χ2v) is 5.55. The van der Waals surface area contributed by atoms with E-state index in [1.165, 1.54) is 0 Å². The van der Waals surface area contributed by atoms with Gasteiger partial charge in [-0.1, -0.05) is 25.1 Å². The number of nitrogens with zero attached hydrogens (tertiary/aromatic N) is 2. The van der Waals surface area contributed by atoms with Crippen LogP contribution < -0.4 is 5.32 Å². The van der Waals surface area contributed by atoms with E-state index in [0.717, 1.165) is 34.1 Å². The van der Waals surface area contributed by atoms with Crippen LogP contribution in [0.1, 0.15) is 34.8 Å². The Bertz CT molecular complexity index is 871. The van der Waals surface area contributed by atoms with Gasteiger partial charge in [0.25, 0.3) is 5.91 Å². The predicted molar refractivity (Wildman–Crippen MR) is 89.1 cm³/mol. The van der Waals surface area contributed by atoms with Gasteiger partial charge in [0.1, 0.15) is 5.52 Å². The number of hydrogen-bond donors (Lipinski definition) is 1. The number of aromatic nitrogens is 2. The fraction of sp³-hybridized carbons (Fsp3) is 0.278. The average molecular weight is 293 g/mol. The minimum atomic E-state index is -0.0913. The van der Waals surface area contributed by atoms with Crippen molar-refractivity contribution in [3.63, 3.8) is 0 Å². The highest BCUT2D eigenvalue weighted by atomic mass is 16.1. The molecule has 2 aromatic carbocycles. The van der Waals surface area contributed by atoms with Gasteiger partial charge in [0.15, 0.2) is 0 Å². The Balaban J connectivity index is 2.26. The third-order valence-electron chi connectivity index (χ3n) is 3.81. The first-order valence-electron chi connectivity index (χ1n) is 7.56. The zero-order chi connectivity index (χ0) is 15.7. The lowest BCUT2D eigenvalue weighted by Crippen LogP contribution is -2.24. The summed E-state index contributed by atoms with van der Waals surface area (Å²) in [7, 11) is 0. The Hall–Kier alpha value is -2.49. The molecule has 0 saturated heterocycles. The Morgan fingerprint density at radius 1 is 1.00 bits per heavy atom. The van der Waals surface area contributed by atoms with Crippen LogP contribution >= 0.6 is 0 Å². The largest absolute Gasteiger partial charge is 0.352 e. The molecule has 0 aliphatic heterocycles. The Labute approximate surface area is 129 Å². The van der Waals surface area contributed by atoms with Crippen molar-refractivity contribution in [2.24, 2.45) is 0 Å². The SMILES string of the molecule is CCCNC(=O)c1cccc2nc3c(C)ccc(C)c3nc12. The topological polar surface area (TPSA) is 54.9 Å². The molecule has 0 unspecified atom stereocenters. The number of para-hydroxylation sites is 1. The van der Waals surface area contributed by atoms with Crippen LogP contribution in [-0.2, 0) is 0 Å². The normalized spacial score (nSPS) is 11.0. The summed E-state index contributed by atoms with van der Waals surface area (Å²) in [6.07, 6.45) is 0.906. The molecule has 1 heterocycles. The smallest absolute Gasteiger partial charge is 0.253 e. The second kappa shape index (κ2) is 5.72. The highest BCUT2D eigenvalue weighted by Crippen LogP contribution is 2.23. The lowest BCUT2D eigenvalue weighted by atomic mass is 10.1. The summed E-state index contributed by atoms with van der Waals surface area (Å²) in [6, 6.07) is 9.65. The molecule has 22 heavy (non-hydrogen) atoms. The molecule has 3 rings (SSSR count). The molecule has 0 bridgehead atoms. The first-order chi connectivity index (χ1) is 10.6. The molecule has 3 aromatic rings. The fourth-order valence-electron chi connectivity index (χ4n) is 2.55. The maximum absolute atomic E-state index is 12.3. The van der Waals surface area contributed by atoms with Crippen LogP contribution in [0.2, 0.25) is 0 Å². The maximum Gasteiger partial charge on any atom is 0.253 e. The van der Waals surface area contributed by atoms with Crippen molar-refractivity contribution in [2.45, 2.75) is 27.2 Å². The molecule has 112 valence electrons. The van der Waals surface area contributed by atoms with Gasteiger partial charge in [-0.2, -0.15) is 0 Å². The maximum atomic E-state index is 12.3. The molecule has 4 nitrogen and oxygen atoms in total. The highest BCUT2D eigenvalue weighted by Gasteiger charge is 2.13. The number of hydrogen-bond acceptors (Lipinski definition) is 3. The van der Waals surface area contributed by atoms with Crippen LogP contribution in [0.5, 0.6) is 0 Å². The van der Waals surface area contributed by atoms with Crippen LogP contribution in [0.3, 0.4) is 0 Å². The van der Waals surface area contributed by atoms with Crippen molar-refractivity contribution in [3.05, 3.63) is 47.0 Å². The van der Waals surface area contributed by atoms with Gasteiger partial charge in [-0.3, -0.25) is 4.79 Å². The van der Waals surface area contributed by atoms with E-state index in [-0.39, 0.29) is 5.91 Å². The van der Waals surface area contributed by atoms with Crippen LogP contribution in [0, 0.1) is 13.8 Å². The standard InChI is InChI=1S/C18H19N3O/c1-4-10-19-18(22)13-6-5-7-14-17(13)21-16-12(3)9-8-11(2)15(16)20-14/h5-9H,4,10H2,1-3H3,(H,19,22). The van der Waals surface area contributed by atoms with Gasteiger partial charge in [-0.25, -0.2) is 9.97 Å². The molecule has 0 fully saturated rings. The average Bonchev–Trinajstić information content (AvgIpc) is 2.54. The molecule has 0 atom stereocenters. The summed E-state index contributed by atoms with van der Waals surface area (Å²) in [5, 5.41) is 2.91. The van der Waals surface area contributed by atoms with E-state index in [4.69, 9.17) is 9.97 Å². The number of benzene rings is 2. The van der Waals surface area contributed by atoms with Crippen molar-refractivity contribution in [2.75, 3.05) is 6.54 Å². The predicted octanol–water partition coefficient (Wildman–Crippen LogP) is 3.54. The molecule has 0 spiro atoms. The van der Waals surface area contributed by atoms with Crippen molar-refractivity contribution in [3.8, 4) is 0 Å². The number of aryl methyl sites for hydroxylation is 2. The van der Waals surface area contributed by atoms with Crippen LogP contribution in [0.4, 0.5) is 0 Å². The molecule has 0 aliphatic carbocycles. The monoisotopic (exact) mass is 293 g/mol. The zero-order valence-electron chi connectivity index (χ0n) is 13.1. The van der Waals surface area contributed by atoms with Gasteiger partial charge >= 0.3 is 0 Å². The van der Waals surface area contributed by atoms with Gasteiger partial charge in [-0.15, -0.1) is 0 Å². The molecule has 0 aliphatic rings. The Morgan fingerprint density at radius 3 is 2.36 bits per heavy atom. The first kappa shape index (κ1) is 14.4. The van der Waals surface area contributed by atoms with E-state index < -0.39 is 0 Å². The number of carbonyl (C=O) groups is 1. The number of fused-ring (bicyclic) bond motifs is 2. The summed E-state index contributed by atoms with van der Waals surface area (Å²) >= 11 is 0. The van der Waals surface area contributed by atoms with Gasteiger partial charge in [0, 0.05) is 6.54 Å². The number of rotatable bonds is 3. The number of carbonyl (C=O) groups excluding carboxylic acids is 1. The Morgan fingerprint density at radius 2 is 1.68 bits per heavy atom. The molecular formula is C18H19N3O. The Kier molecular flexibility index (Phi) is 3.75. The zero-order valence-corrected chi connectivity index (χ0v) is 13.1. The van der Waals surface area contributed by atoms with E-state index in [1.54, 1.807) is 6.07 Å². The van der Waals surface area contributed by atoms with Crippen molar-refractivity contribution < 1.29 is 4.79 Å². The van der Waals surface area contributed by atoms with Gasteiger partial charge in [0.05, 0.1) is 22.1 Å². The molecule has 0 saturated carbocycles. The quantitative estimate of drug-likeness (QED) is 0.751. The van der Waals surface area contributed by atoms with Crippen molar-refractivity contribution in [1.29, 1.82) is 0 Å². The van der Waals surface area contributed by atoms with Crippen LogP contribution in [0.25, 0.3) is 22.1 Å². The summed E-state index contributed by atoms with van der Waals surface area (Å²) in [5.41, 5.74) is 5.93. The van der Waals surface area contributed by atoms with Crippen molar-refractivity contribution >= 4 is 28.0 Å². The van der Waals surface area contributed by atoms with E-state index in [1.807, 2.05) is 39.0 Å². The second-order valence-electron chi connectivity index (χ2n) is 5.55. The molecule has 4 heteroatoms. The molecule has 1 N–H and O–H groups in total. The van der Waals surface area contributed by atoms with Gasteiger partial charge in [0.2, 0.25) is 0 Å². The lowest BCUT2D eigenvalue weighted by Gasteiger charge is -2.09. The fourth-order valence-corrected chi connectivity index (χ4v) is 2.55. The third kappa shape index (κ3) is 2.41. The van der Waals surface area contributed by atoms with Crippen molar-refractivity contribution in [1.82, 2.24) is 15.3 Å². The summed E-state index contributed by atoms with van der Waals surface area (Å²) in [5.74, 6) is -0.0913. The van der Waals surface area contributed by atoms with E-state index in [2.05, 4.69) is 11.4 Å². The summed E-state index contributed by atoms with van der Waals surface area (Å²) in [6.45, 7) is 6.74.